The van der Waals surface area contributed by atoms with Crippen LogP contribution in [0.15, 0.2) is 261 Å². The van der Waals surface area contributed by atoms with E-state index in [4.69, 9.17) is 36.8 Å². The van der Waals surface area contributed by atoms with E-state index in [0.29, 0.717) is 54.0 Å². The molecule has 6 unspecified atom stereocenters. The normalized spacial score (nSPS) is 14.9. The van der Waals surface area contributed by atoms with E-state index < -0.39 is 22.7 Å². The molecular weight excluding hydrogens is 1780 g/mol. The molecule has 18 heteroatoms. The SMILES string of the molecule is CC1CCCO1.CCOC(=O)c1c(C)cc(C)cc1C[Se]c1ccccc1.COPC[C@@H](CCCC(C)c1cc(C)cc(C)c1C(C)=O)C(/C=C\C[C@H](C)O[Si](c1ccccc1)(c1ccccc1)C(C)(C)C)OC(=O)c1ccccc1.COPC[C@@H](CCCI)C(/C=C\C[C@H](C)O[Si](c1ccccc1)(c1ccccc1)C(C)(C)C)OC(=O)c1ccccc1. The molecule has 660 valence electrons. The van der Waals surface area contributed by atoms with Crippen LogP contribution in [0, 0.1) is 39.5 Å². The first-order chi connectivity index (χ1) is 59.0. The van der Waals surface area contributed by atoms with Gasteiger partial charge in [0.05, 0.1) is 17.2 Å². The first kappa shape index (κ1) is 103. The van der Waals surface area contributed by atoms with Crippen LogP contribution >= 0.6 is 40.2 Å². The molecule has 0 bridgehead atoms. The van der Waals surface area contributed by atoms with Crippen LogP contribution in [0.1, 0.15) is 222 Å². The van der Waals surface area contributed by atoms with Gasteiger partial charge in [0.15, 0.2) is 5.78 Å². The Morgan fingerprint density at radius 1 is 0.528 bits per heavy atom. The minimum Gasteiger partial charge on any atom is -0.454 e. The van der Waals surface area contributed by atoms with E-state index in [9.17, 15) is 19.2 Å². The van der Waals surface area contributed by atoms with Gasteiger partial charge in [-0.15, -0.1) is 0 Å². The molecule has 0 aliphatic carbocycles. The maximum absolute atomic E-state index is 13.5. The zero-order chi connectivity index (χ0) is 89.4. The Morgan fingerprint density at radius 3 is 1.28 bits per heavy atom. The van der Waals surface area contributed by atoms with E-state index >= 15 is 0 Å². The summed E-state index contributed by atoms with van der Waals surface area (Å²) in [7, 11) is -1.26. The van der Waals surface area contributed by atoms with Gasteiger partial charge < -0.3 is 32.1 Å². The smallest absolute Gasteiger partial charge is 0.338 e. The third-order valence-corrected chi connectivity index (χ3v) is 37.5. The fraction of sp³-hybridized carbons (Fsp3) is 0.410. The molecule has 1 fully saturated rings. The van der Waals surface area contributed by atoms with Crippen LogP contribution in [-0.4, -0.2) is 130 Å². The Labute approximate surface area is 763 Å². The monoisotopic (exact) mass is 1910 g/mol. The topological polar surface area (TPSA) is 142 Å². The van der Waals surface area contributed by atoms with Gasteiger partial charge in [-0.05, 0) is 194 Å². The summed E-state index contributed by atoms with van der Waals surface area (Å²) in [5.74, 6) is -0.250. The third kappa shape index (κ3) is 32.0. The van der Waals surface area contributed by atoms with Crippen LogP contribution in [0.4, 0.5) is 0 Å². The standard InChI is InChI=1S/C47H61O5PSi.C35H46IO4PSi.C18H20O2Se.C5H10O/c1-34-31-36(3)45(38(5)48)43(32-34)35(2)21-19-25-40(33-53-50-9)44(51-46(49)39-23-13-10-14-24-39)30-20-22-37(4)52-54(47(6,7)8,41-26-15-11-16-27-41)42-28-17-12-18-29-42;1-28(40-42(35(2,3)4,31-21-11-7-12-22-31)32-23-13-8-14-24-32)17-15-25-33(30(20-16-26-36)27-41-38-5)39-34(37)29-18-9-6-10-19-29;1-4-20-18(19)17-14(3)10-13(2)11-15(17)12-21-16-8-6-5-7-9-16;1-5-3-2-4-6-5/h10-18,20,23-24,26-32,35,37,40,44,53H,19,21-22,25,33H2,1-9H3;6-15,18-19,21-25,28,30,33,41H,16-17,20,26-27H2,1-5H3;5-11H,4,12H2,1-3H3;5H,2-4H2,1H3/b30-20-;25-15-;;/t35?,37-,40+,44?;28-,30+,33?;;/m00../s1. The van der Waals surface area contributed by atoms with Crippen LogP contribution in [0.5, 0.6) is 0 Å². The van der Waals surface area contributed by atoms with Crippen molar-refractivity contribution < 1.29 is 56.0 Å². The number of carbonyl (C=O) groups is 4. The van der Waals surface area contributed by atoms with Crippen LogP contribution in [-0.2, 0) is 42.2 Å². The maximum atomic E-state index is 13.5. The van der Waals surface area contributed by atoms with Crippen molar-refractivity contribution >= 4 is 121 Å². The third-order valence-electron chi connectivity index (χ3n) is 22.2. The van der Waals surface area contributed by atoms with Crippen molar-refractivity contribution in [2.45, 2.75) is 220 Å². The van der Waals surface area contributed by atoms with Gasteiger partial charge in [0.2, 0.25) is 0 Å². The molecule has 0 saturated carbocycles. The number of alkyl halides is 1. The number of hydrogen-bond donors (Lipinski definition) is 0. The number of aryl methyl sites for hydroxylation is 4. The molecule has 1 aliphatic rings. The minimum atomic E-state index is -2.73. The Morgan fingerprint density at radius 2 is 0.919 bits per heavy atom. The number of hydrogen-bond acceptors (Lipinski definition) is 12. The summed E-state index contributed by atoms with van der Waals surface area (Å²) in [6.07, 6.45) is 18.4. The fourth-order valence-corrected chi connectivity index (χ4v) is 29.7. The van der Waals surface area contributed by atoms with Gasteiger partial charge in [-0.3, -0.25) is 4.79 Å². The van der Waals surface area contributed by atoms with Gasteiger partial charge in [-0.2, -0.15) is 0 Å². The summed E-state index contributed by atoms with van der Waals surface area (Å²) in [6.45, 7) is 35.5. The molecule has 0 aromatic heterocycles. The number of benzene rings is 9. The molecule has 12 nitrogen and oxygen atoms in total. The first-order valence-electron chi connectivity index (χ1n) is 43.7. The zero-order valence-electron chi connectivity index (χ0n) is 76.2. The molecule has 0 N–H and O–H groups in total. The summed E-state index contributed by atoms with van der Waals surface area (Å²) in [5, 5.41) is 5.73. The average Bonchev–Trinajstić information content (AvgIpc) is 0.849. The quantitative estimate of drug-likeness (QED) is 0.00527. The number of rotatable bonds is 40. The zero-order valence-corrected chi connectivity index (χ0v) is 84.1. The molecule has 0 radical (unpaired) electrons. The molecule has 0 spiro atoms. The molecule has 1 aliphatic heterocycles. The van der Waals surface area contributed by atoms with Crippen LogP contribution < -0.4 is 25.2 Å². The van der Waals surface area contributed by atoms with Crippen LogP contribution in [0.25, 0.3) is 0 Å². The Kier molecular flexibility index (Phi) is 44.8. The summed E-state index contributed by atoms with van der Waals surface area (Å²) in [6, 6.07) is 80.2. The van der Waals surface area contributed by atoms with Crippen LogP contribution in [0.3, 0.4) is 0 Å². The van der Waals surface area contributed by atoms with Gasteiger partial charge in [0, 0.05) is 68.0 Å². The molecule has 123 heavy (non-hydrogen) atoms. The van der Waals surface area contributed by atoms with Gasteiger partial charge >= 0.3 is 144 Å². The predicted molar refractivity (Wildman–Crippen MR) is 531 cm³/mol. The van der Waals surface area contributed by atoms with E-state index in [0.717, 1.165) is 101 Å². The van der Waals surface area contributed by atoms with Crippen LogP contribution in [0.2, 0.25) is 10.1 Å². The maximum Gasteiger partial charge on any atom is 0.338 e. The molecule has 9 aromatic carbocycles. The Balaban J connectivity index is 0.000000264. The second-order valence-electron chi connectivity index (χ2n) is 34.1. The number of carbonyl (C=O) groups excluding carboxylic acids is 4. The van der Waals surface area contributed by atoms with E-state index in [1.807, 2.05) is 69.3 Å². The van der Waals surface area contributed by atoms with Crippen molar-refractivity contribution in [3.8, 4) is 0 Å². The summed E-state index contributed by atoms with van der Waals surface area (Å²) < 4.78 is 50.9. The molecule has 9 aromatic rings. The molecule has 1 saturated heterocycles. The second-order valence-corrected chi connectivity index (χ2v) is 48.1. The predicted octanol–water partition coefficient (Wildman–Crippen LogP) is 23.2. The molecule has 0 amide bonds. The molecule has 1 heterocycles. The van der Waals surface area contributed by atoms with Gasteiger partial charge in [0.1, 0.15) is 12.2 Å². The van der Waals surface area contributed by atoms with Crippen molar-refractivity contribution in [1.29, 1.82) is 0 Å². The van der Waals surface area contributed by atoms with E-state index in [1.54, 1.807) is 45.4 Å². The number of ether oxygens (including phenoxy) is 4. The van der Waals surface area contributed by atoms with E-state index in [-0.39, 0.29) is 78.6 Å². The number of ketones is 1. The first-order valence-corrected chi connectivity index (χ1v) is 53.4. The van der Waals surface area contributed by atoms with Crippen molar-refractivity contribution in [2.24, 2.45) is 11.8 Å². The van der Waals surface area contributed by atoms with Crippen molar-refractivity contribution in [2.75, 3.05) is 44.2 Å². The van der Waals surface area contributed by atoms with Gasteiger partial charge in [-0.1, -0.05) is 265 Å². The summed E-state index contributed by atoms with van der Waals surface area (Å²) >= 11 is 2.74. The van der Waals surface area contributed by atoms with Crippen molar-refractivity contribution in [3.63, 3.8) is 0 Å². The second kappa shape index (κ2) is 53.5. The van der Waals surface area contributed by atoms with E-state index in [1.165, 1.54) is 49.2 Å². The molecule has 10 atom stereocenters. The molecular formula is C105H137IO12P2SeSi2. The van der Waals surface area contributed by atoms with Gasteiger partial charge in [0.25, 0.3) is 16.6 Å². The number of esters is 3. The largest absolute Gasteiger partial charge is 0.454 e. The van der Waals surface area contributed by atoms with Gasteiger partial charge in [-0.25, -0.2) is 9.59 Å². The Bertz CT molecular complexity index is 4560. The average molecular weight is 1920 g/mol. The minimum absolute atomic E-state index is 0.0355. The number of halogens is 1. The Hall–Kier alpha value is -7.12. The van der Waals surface area contributed by atoms with E-state index in [2.05, 4.69) is 294 Å². The molecule has 10 rings (SSSR count). The van der Waals surface area contributed by atoms with Crippen molar-refractivity contribution in [1.82, 2.24) is 0 Å². The summed E-state index contributed by atoms with van der Waals surface area (Å²) in [5.41, 5.74) is 9.34. The van der Waals surface area contributed by atoms with Crippen molar-refractivity contribution in [3.05, 3.63) is 317 Å². The fourth-order valence-electron chi connectivity index (χ4n) is 16.3. The number of Topliss-reactive ketones (excluding diaryl/α,β-unsaturated/α-hetero) is 1. The summed E-state index contributed by atoms with van der Waals surface area (Å²) in [4.78, 5) is 51.5.